The second kappa shape index (κ2) is 10.3. The molecule has 3 rings (SSSR count). The number of carbonyl (C=O) groups is 1. The summed E-state index contributed by atoms with van der Waals surface area (Å²) < 4.78 is 31.9. The summed E-state index contributed by atoms with van der Waals surface area (Å²) in [5.74, 6) is -0.298. The van der Waals surface area contributed by atoms with Crippen molar-refractivity contribution in [1.82, 2.24) is 4.48 Å². The summed E-state index contributed by atoms with van der Waals surface area (Å²) in [4.78, 5) is 22.0. The zero-order valence-corrected chi connectivity index (χ0v) is 19.5. The molecule has 10 heteroatoms. The van der Waals surface area contributed by atoms with Gasteiger partial charge in [0.2, 0.25) is 0 Å². The number of quaternary nitrogens is 1. The molecule has 174 valence electrons. The summed E-state index contributed by atoms with van der Waals surface area (Å²) >= 11 is 0. The van der Waals surface area contributed by atoms with E-state index in [9.17, 15) is 27.9 Å². The highest BCUT2D eigenvalue weighted by molar-refractivity contribution is 7.85. The average Bonchev–Trinajstić information content (AvgIpc) is 2.73. The van der Waals surface area contributed by atoms with Gasteiger partial charge in [-0.2, -0.15) is 0 Å². The van der Waals surface area contributed by atoms with E-state index >= 15 is 0 Å². The second-order valence-electron chi connectivity index (χ2n) is 8.08. The van der Waals surface area contributed by atoms with Crippen LogP contribution in [0.3, 0.4) is 0 Å². The Kier molecular flexibility index (Phi) is 8.04. The van der Waals surface area contributed by atoms with Gasteiger partial charge in [-0.1, -0.05) is 17.7 Å². The summed E-state index contributed by atoms with van der Waals surface area (Å²) in [6.07, 6.45) is 0. The predicted octanol–water partition coefficient (Wildman–Crippen LogP) is 3.94. The molecular formula is C23H25N3O6S. The number of nitrogens with one attached hydrogen (secondary N) is 1. The molecule has 1 amide bonds. The summed E-state index contributed by atoms with van der Waals surface area (Å²) in [6, 6.07) is 18.9. The van der Waals surface area contributed by atoms with Crippen molar-refractivity contribution < 1.29 is 22.7 Å². The quantitative estimate of drug-likeness (QED) is 0.260. The predicted molar refractivity (Wildman–Crippen MR) is 126 cm³/mol. The minimum atomic E-state index is -4.27. The molecule has 33 heavy (non-hydrogen) atoms. The van der Waals surface area contributed by atoms with Gasteiger partial charge in [0.05, 0.1) is 31.0 Å². The smallest absolute Gasteiger partial charge is 0.269 e. The summed E-state index contributed by atoms with van der Waals surface area (Å²) in [5, 5.41) is 13.4. The number of carbonyl (C=O) groups excluding carboxylic acids is 1. The van der Waals surface area contributed by atoms with Crippen LogP contribution in [0.2, 0.25) is 0 Å². The highest BCUT2D eigenvalue weighted by Crippen LogP contribution is 2.20. The van der Waals surface area contributed by atoms with Gasteiger partial charge in [0.25, 0.3) is 11.6 Å². The van der Waals surface area contributed by atoms with Gasteiger partial charge in [0.15, 0.2) is 0 Å². The summed E-state index contributed by atoms with van der Waals surface area (Å²) in [6.45, 7) is 1.82. The van der Waals surface area contributed by atoms with Crippen molar-refractivity contribution in [3.63, 3.8) is 0 Å². The van der Waals surface area contributed by atoms with E-state index in [2.05, 4.69) is 26.5 Å². The van der Waals surface area contributed by atoms with Gasteiger partial charge in [0.1, 0.15) is 15.8 Å². The number of nitro groups is 1. The van der Waals surface area contributed by atoms with Gasteiger partial charge in [-0.05, 0) is 43.3 Å². The van der Waals surface area contributed by atoms with Crippen molar-refractivity contribution in [2.24, 2.45) is 0 Å². The van der Waals surface area contributed by atoms with Crippen LogP contribution in [0.4, 0.5) is 17.1 Å². The number of anilines is 1. The highest BCUT2D eigenvalue weighted by atomic mass is 32.2. The molecule has 0 aliphatic heterocycles. The van der Waals surface area contributed by atoms with Crippen LogP contribution in [0.1, 0.15) is 15.9 Å². The van der Waals surface area contributed by atoms with Gasteiger partial charge >= 0.3 is 0 Å². The lowest BCUT2D eigenvalue weighted by atomic mass is 10.2. The van der Waals surface area contributed by atoms with E-state index in [1.54, 1.807) is 12.1 Å². The molecule has 9 nitrogen and oxygen atoms in total. The van der Waals surface area contributed by atoms with E-state index in [4.69, 9.17) is 0 Å². The summed E-state index contributed by atoms with van der Waals surface area (Å²) in [5.41, 5.74) is 3.07. The first-order chi connectivity index (χ1) is 15.3. The van der Waals surface area contributed by atoms with Crippen LogP contribution in [-0.4, -0.2) is 44.9 Å². The van der Waals surface area contributed by atoms with Crippen LogP contribution >= 0.6 is 0 Å². The molecule has 0 saturated carbocycles. The van der Waals surface area contributed by atoms with Crippen molar-refractivity contribution in [3.8, 4) is 0 Å². The molecule has 0 atom stereocenters. The lowest BCUT2D eigenvalue weighted by molar-refractivity contribution is -0.384. The highest BCUT2D eigenvalue weighted by Gasteiger charge is 2.13. The molecule has 0 aromatic heterocycles. The van der Waals surface area contributed by atoms with E-state index in [0.717, 1.165) is 11.3 Å². The molecule has 3 aromatic carbocycles. The first-order valence-electron chi connectivity index (χ1n) is 9.78. The van der Waals surface area contributed by atoms with E-state index in [-0.39, 0.29) is 16.5 Å². The van der Waals surface area contributed by atoms with Gasteiger partial charge in [-0.25, -0.2) is 8.42 Å². The zero-order valence-electron chi connectivity index (χ0n) is 18.7. The van der Waals surface area contributed by atoms with Crippen molar-refractivity contribution in [2.75, 3.05) is 26.5 Å². The number of hydrogen-bond donors (Lipinski definition) is 1. The van der Waals surface area contributed by atoms with Crippen LogP contribution in [0.5, 0.6) is 0 Å². The fourth-order valence-electron chi connectivity index (χ4n) is 2.63. The Bertz CT molecular complexity index is 1220. The maximum atomic E-state index is 12.1. The normalized spacial score (nSPS) is 11.2. The fraction of sp³-hybridized carbons (Fsp3) is 0.174. The molecule has 0 radical (unpaired) electrons. The first kappa shape index (κ1) is 25.7. The third-order valence-electron chi connectivity index (χ3n) is 4.55. The fourth-order valence-corrected chi connectivity index (χ4v) is 3.10. The number of nitro benzene ring substituents is 1. The second-order valence-corrected chi connectivity index (χ2v) is 9.46. The van der Waals surface area contributed by atoms with Gasteiger partial charge in [-0.15, -0.1) is 0 Å². The molecule has 0 spiro atoms. The number of non-ortho nitro benzene ring substituents is 1. The Balaban J connectivity index is 0.000000294. The van der Waals surface area contributed by atoms with Crippen LogP contribution in [0.15, 0.2) is 77.7 Å². The maximum absolute atomic E-state index is 12.1. The van der Waals surface area contributed by atoms with Crippen LogP contribution in [0.25, 0.3) is 0 Å². The molecule has 0 bridgehead atoms. The number of rotatable bonds is 5. The number of benzene rings is 3. The molecule has 3 aromatic rings. The number of amides is 1. The SMILES string of the molecule is C[N+](C)(C)c1ccc(NC(=O)c2ccc([N+](=O)[O-])cc2)cc1.Cc1ccc(S(=O)(=O)[O-])cc1. The van der Waals surface area contributed by atoms with E-state index in [1.165, 1.54) is 36.4 Å². The number of nitrogens with zero attached hydrogens (tertiary/aromatic N) is 2. The van der Waals surface area contributed by atoms with Crippen molar-refractivity contribution in [2.45, 2.75) is 11.8 Å². The zero-order chi connectivity index (χ0) is 24.8. The monoisotopic (exact) mass is 471 g/mol. The Morgan fingerprint density at radius 1 is 0.879 bits per heavy atom. The minimum absolute atomic E-state index is 0.0381. The maximum Gasteiger partial charge on any atom is 0.269 e. The minimum Gasteiger partial charge on any atom is -0.744 e. The summed E-state index contributed by atoms with van der Waals surface area (Å²) in [7, 11) is 1.91. The number of aryl methyl sites for hydroxylation is 1. The van der Waals surface area contributed by atoms with E-state index in [1.807, 2.05) is 31.2 Å². The Hall–Kier alpha value is -3.60. The Morgan fingerprint density at radius 2 is 1.39 bits per heavy atom. The molecule has 0 heterocycles. The third-order valence-corrected chi connectivity index (χ3v) is 5.40. The molecule has 0 aliphatic carbocycles. The molecule has 0 aliphatic rings. The third kappa shape index (κ3) is 7.79. The molecule has 0 unspecified atom stereocenters. The van der Waals surface area contributed by atoms with E-state index < -0.39 is 15.0 Å². The molecule has 1 N–H and O–H groups in total. The average molecular weight is 472 g/mol. The Labute approximate surface area is 192 Å². The van der Waals surface area contributed by atoms with Crippen LogP contribution in [0, 0.1) is 17.0 Å². The van der Waals surface area contributed by atoms with Crippen molar-refractivity contribution >= 4 is 33.1 Å². The van der Waals surface area contributed by atoms with Gasteiger partial charge < -0.3 is 9.87 Å². The van der Waals surface area contributed by atoms with Crippen LogP contribution in [-0.2, 0) is 10.1 Å². The topological polar surface area (TPSA) is 129 Å². The van der Waals surface area contributed by atoms with Crippen LogP contribution < -0.4 is 9.80 Å². The molecular weight excluding hydrogens is 446 g/mol. The number of hydrogen-bond acceptors (Lipinski definition) is 6. The standard InChI is InChI=1S/C16H17N3O3.C7H8O3S/c1-19(2,3)15-10-6-13(7-11-15)17-16(20)12-4-8-14(9-5-12)18(21)22;1-6-2-4-7(5-3-6)11(8,9)10/h4-11H,1-3H3;2-5H,1H3,(H,8,9,10). The van der Waals surface area contributed by atoms with E-state index in [0.29, 0.717) is 15.7 Å². The largest absolute Gasteiger partial charge is 0.744 e. The van der Waals surface area contributed by atoms with Gasteiger partial charge in [-0.3, -0.25) is 19.4 Å². The molecule has 0 saturated heterocycles. The lowest BCUT2D eigenvalue weighted by Crippen LogP contribution is -2.34. The lowest BCUT2D eigenvalue weighted by Gasteiger charge is -2.23. The molecule has 0 fully saturated rings. The first-order valence-corrected chi connectivity index (χ1v) is 11.2. The van der Waals surface area contributed by atoms with Crippen molar-refractivity contribution in [3.05, 3.63) is 94.0 Å². The van der Waals surface area contributed by atoms with Gasteiger partial charge in [0, 0.05) is 35.5 Å². The van der Waals surface area contributed by atoms with Crippen molar-refractivity contribution in [1.29, 1.82) is 0 Å². The Morgan fingerprint density at radius 3 is 1.82 bits per heavy atom.